The fraction of sp³-hybridized carbons (Fsp3) is 0.240. The van der Waals surface area contributed by atoms with Gasteiger partial charge in [0, 0.05) is 6.26 Å². The van der Waals surface area contributed by atoms with Gasteiger partial charge in [-0.1, -0.05) is 24.3 Å². The van der Waals surface area contributed by atoms with Gasteiger partial charge in [0.15, 0.2) is 15.9 Å². The number of amides is 1. The Hall–Kier alpha value is -3.57. The Bertz CT molecular complexity index is 1470. The van der Waals surface area contributed by atoms with Gasteiger partial charge in [0.05, 0.1) is 35.2 Å². The van der Waals surface area contributed by atoms with Crippen molar-refractivity contribution in [2.75, 3.05) is 24.2 Å². The molecule has 0 spiro atoms. The number of hydrogen-bond acceptors (Lipinski definition) is 7. The van der Waals surface area contributed by atoms with Crippen molar-refractivity contribution in [1.82, 2.24) is 5.32 Å². The van der Waals surface area contributed by atoms with Crippen molar-refractivity contribution in [2.24, 2.45) is 0 Å². The second kappa shape index (κ2) is 9.82. The van der Waals surface area contributed by atoms with Crippen molar-refractivity contribution in [3.05, 3.63) is 78.4 Å². The molecule has 1 aliphatic heterocycles. The molecule has 0 bridgehead atoms. The lowest BCUT2D eigenvalue weighted by Gasteiger charge is -2.35. The van der Waals surface area contributed by atoms with Crippen LogP contribution in [0.5, 0.6) is 11.5 Å². The second-order valence-electron chi connectivity index (χ2n) is 8.36. The fourth-order valence-corrected chi connectivity index (χ4v) is 5.94. The minimum absolute atomic E-state index is 0.0542. The van der Waals surface area contributed by atoms with E-state index in [4.69, 9.17) is 9.47 Å². The Balaban J connectivity index is 1.57. The molecule has 3 aromatic carbocycles. The number of nitrogens with zero attached hydrogens (tertiary/aromatic N) is 1. The molecule has 3 aromatic rings. The number of carbonyl (C=O) groups excluding carboxylic acids is 1. The molecule has 11 heteroatoms. The third-order valence-corrected chi connectivity index (χ3v) is 8.76. The number of carbonyl (C=O) groups is 1. The van der Waals surface area contributed by atoms with E-state index in [1.165, 1.54) is 35.7 Å². The molecule has 1 aliphatic rings. The largest absolute Gasteiger partial charge is 0.497 e. The zero-order valence-electron chi connectivity index (χ0n) is 19.9. The third kappa shape index (κ3) is 5.17. The van der Waals surface area contributed by atoms with E-state index in [-0.39, 0.29) is 22.1 Å². The normalized spacial score (nSPS) is 16.4. The summed E-state index contributed by atoms with van der Waals surface area (Å²) in [4.78, 5) is 13.4. The topological polar surface area (TPSA) is 119 Å². The maximum Gasteiger partial charge on any atom is 0.264 e. The summed E-state index contributed by atoms with van der Waals surface area (Å²) in [5.41, 5.74) is 1.02. The van der Waals surface area contributed by atoms with Gasteiger partial charge >= 0.3 is 0 Å². The molecule has 2 atom stereocenters. The van der Waals surface area contributed by atoms with Gasteiger partial charge in [-0.15, -0.1) is 0 Å². The summed E-state index contributed by atoms with van der Waals surface area (Å²) < 4.78 is 62.6. The lowest BCUT2D eigenvalue weighted by atomic mass is 10.1. The molecular weight excluding hydrogens is 504 g/mol. The van der Waals surface area contributed by atoms with Crippen molar-refractivity contribution >= 4 is 31.5 Å². The summed E-state index contributed by atoms with van der Waals surface area (Å²) in [6.45, 7) is 1.52. The molecule has 0 aromatic heterocycles. The van der Waals surface area contributed by atoms with Crippen LogP contribution in [0.15, 0.2) is 82.6 Å². The number of methoxy groups -OCH3 is 1. The molecule has 0 aliphatic carbocycles. The first-order chi connectivity index (χ1) is 17.0. The summed E-state index contributed by atoms with van der Waals surface area (Å²) >= 11 is 0. The van der Waals surface area contributed by atoms with E-state index in [1.807, 2.05) is 0 Å². The molecule has 36 heavy (non-hydrogen) atoms. The third-order valence-electron chi connectivity index (χ3n) is 5.84. The van der Waals surface area contributed by atoms with Crippen LogP contribution in [-0.4, -0.2) is 48.8 Å². The van der Waals surface area contributed by atoms with Crippen LogP contribution in [0.4, 0.5) is 5.69 Å². The summed E-state index contributed by atoms with van der Waals surface area (Å²) in [6, 6.07) is 18.4. The highest BCUT2D eigenvalue weighted by atomic mass is 32.2. The summed E-state index contributed by atoms with van der Waals surface area (Å²) in [5, 5.41) is 2.83. The van der Waals surface area contributed by atoms with Gasteiger partial charge in [-0.3, -0.25) is 9.10 Å². The molecule has 1 amide bonds. The van der Waals surface area contributed by atoms with E-state index in [0.717, 1.165) is 6.26 Å². The number of rotatable bonds is 7. The van der Waals surface area contributed by atoms with E-state index in [1.54, 1.807) is 55.5 Å². The number of sulfone groups is 1. The average Bonchev–Trinajstić information content (AvgIpc) is 2.87. The van der Waals surface area contributed by atoms with E-state index in [2.05, 4.69) is 5.32 Å². The zero-order valence-corrected chi connectivity index (χ0v) is 21.5. The van der Waals surface area contributed by atoms with E-state index in [9.17, 15) is 21.6 Å². The highest BCUT2D eigenvalue weighted by Crippen LogP contribution is 2.37. The van der Waals surface area contributed by atoms with Crippen LogP contribution in [0.1, 0.15) is 18.5 Å². The molecule has 1 heterocycles. The smallest absolute Gasteiger partial charge is 0.264 e. The standard InChI is InChI=1S/C25H26N2O7S2/c1-17(18-8-12-20(13-9-18)35(3,29)30)26-25(28)24-16-27(22-6-4-5-7-23(22)34-24)36(31,32)21-14-10-19(33-2)11-15-21/h4-15,17,24H,16H2,1-3H3,(H,26,28)/t17-,24-/m1/s1. The highest BCUT2D eigenvalue weighted by Gasteiger charge is 2.37. The number of benzene rings is 3. The lowest BCUT2D eigenvalue weighted by Crippen LogP contribution is -2.51. The maximum atomic E-state index is 13.5. The van der Waals surface area contributed by atoms with Gasteiger partial charge in [0.1, 0.15) is 11.5 Å². The Morgan fingerprint density at radius 2 is 1.58 bits per heavy atom. The van der Waals surface area contributed by atoms with Crippen molar-refractivity contribution in [3.8, 4) is 11.5 Å². The first kappa shape index (κ1) is 25.5. The van der Waals surface area contributed by atoms with Crippen LogP contribution in [0, 0.1) is 0 Å². The van der Waals surface area contributed by atoms with Crippen molar-refractivity contribution in [2.45, 2.75) is 28.9 Å². The Morgan fingerprint density at radius 3 is 2.19 bits per heavy atom. The quantitative estimate of drug-likeness (QED) is 0.499. The van der Waals surface area contributed by atoms with Crippen LogP contribution >= 0.6 is 0 Å². The van der Waals surface area contributed by atoms with Gasteiger partial charge in [-0.05, 0) is 61.0 Å². The van der Waals surface area contributed by atoms with Crippen molar-refractivity contribution in [1.29, 1.82) is 0 Å². The van der Waals surface area contributed by atoms with Crippen molar-refractivity contribution < 1.29 is 31.1 Å². The number of anilines is 1. The van der Waals surface area contributed by atoms with Gasteiger partial charge in [0.25, 0.3) is 15.9 Å². The predicted molar refractivity (Wildman–Crippen MR) is 134 cm³/mol. The first-order valence-electron chi connectivity index (χ1n) is 11.0. The zero-order chi connectivity index (χ0) is 26.1. The van der Waals surface area contributed by atoms with Crippen LogP contribution in [-0.2, 0) is 24.7 Å². The monoisotopic (exact) mass is 530 g/mol. The number of sulfonamides is 1. The molecule has 1 N–H and O–H groups in total. The minimum atomic E-state index is -4.01. The Kier molecular flexibility index (Phi) is 6.96. The summed E-state index contributed by atoms with van der Waals surface area (Å²) in [7, 11) is -5.85. The minimum Gasteiger partial charge on any atom is -0.497 e. The van der Waals surface area contributed by atoms with Crippen LogP contribution in [0.25, 0.3) is 0 Å². The molecule has 190 valence electrons. The molecule has 0 radical (unpaired) electrons. The van der Waals surface area contributed by atoms with E-state index in [0.29, 0.717) is 17.0 Å². The van der Waals surface area contributed by atoms with Crippen LogP contribution in [0.3, 0.4) is 0 Å². The van der Waals surface area contributed by atoms with Crippen LogP contribution < -0.4 is 19.1 Å². The fourth-order valence-electron chi connectivity index (χ4n) is 3.83. The summed E-state index contributed by atoms with van der Waals surface area (Å²) in [5.74, 6) is 0.289. The second-order valence-corrected chi connectivity index (χ2v) is 12.2. The molecule has 0 unspecified atom stereocenters. The van der Waals surface area contributed by atoms with Gasteiger partial charge in [-0.25, -0.2) is 16.8 Å². The summed E-state index contributed by atoms with van der Waals surface area (Å²) in [6.07, 6.45) is 0.0164. The van der Waals surface area contributed by atoms with Crippen LogP contribution in [0.2, 0.25) is 0 Å². The molecule has 0 saturated carbocycles. The highest BCUT2D eigenvalue weighted by molar-refractivity contribution is 7.92. The van der Waals surface area contributed by atoms with Gasteiger partial charge < -0.3 is 14.8 Å². The molecule has 0 fully saturated rings. The lowest BCUT2D eigenvalue weighted by molar-refractivity contribution is -0.128. The SMILES string of the molecule is COc1ccc(S(=O)(=O)N2C[C@H](C(=O)N[C@H](C)c3ccc(S(C)(=O)=O)cc3)Oc3ccccc32)cc1. The molecular formula is C25H26N2O7S2. The van der Waals surface area contributed by atoms with Gasteiger partial charge in [-0.2, -0.15) is 0 Å². The Labute approximate surface area is 210 Å². The Morgan fingerprint density at radius 1 is 0.972 bits per heavy atom. The van der Waals surface area contributed by atoms with E-state index >= 15 is 0 Å². The number of para-hydroxylation sites is 2. The molecule has 4 rings (SSSR count). The predicted octanol–water partition coefficient (Wildman–Crippen LogP) is 2.93. The van der Waals surface area contributed by atoms with Crippen molar-refractivity contribution in [3.63, 3.8) is 0 Å². The average molecular weight is 531 g/mol. The maximum absolute atomic E-state index is 13.5. The molecule has 9 nitrogen and oxygen atoms in total. The number of ether oxygens (including phenoxy) is 2. The number of hydrogen-bond donors (Lipinski definition) is 1. The van der Waals surface area contributed by atoms with E-state index < -0.39 is 37.9 Å². The number of nitrogens with one attached hydrogen (secondary N) is 1. The molecule has 0 saturated heterocycles. The number of fused-ring (bicyclic) bond motifs is 1. The van der Waals surface area contributed by atoms with Gasteiger partial charge in [0.2, 0.25) is 0 Å². The first-order valence-corrected chi connectivity index (χ1v) is 14.4.